The first-order chi connectivity index (χ1) is 6.48. The standard InChI is InChI=1S/C8H10N2O3S/c1-5-6-4-14(12,13)3-2-7(6)10-8(11)9-5/h2-4H2,1H3,(H,9,10,11). The Labute approximate surface area is 81.1 Å². The Morgan fingerprint density at radius 1 is 1.43 bits per heavy atom. The molecule has 1 aliphatic rings. The van der Waals surface area contributed by atoms with Crippen LogP contribution < -0.4 is 5.69 Å². The van der Waals surface area contributed by atoms with Gasteiger partial charge in [0.25, 0.3) is 0 Å². The minimum absolute atomic E-state index is 0.00204. The van der Waals surface area contributed by atoms with Gasteiger partial charge in [0.15, 0.2) is 9.84 Å². The third kappa shape index (κ3) is 1.57. The summed E-state index contributed by atoms with van der Waals surface area (Å²) in [6, 6.07) is 0. The van der Waals surface area contributed by atoms with Gasteiger partial charge in [0.1, 0.15) is 0 Å². The lowest BCUT2D eigenvalue weighted by atomic mass is 10.1. The predicted octanol–water partition coefficient (Wildman–Crippen LogP) is -0.451. The first-order valence-electron chi connectivity index (χ1n) is 4.27. The average molecular weight is 214 g/mol. The smallest absolute Gasteiger partial charge is 0.310 e. The number of aromatic amines is 1. The fraction of sp³-hybridized carbons (Fsp3) is 0.500. The molecule has 0 radical (unpaired) electrons. The molecule has 5 nitrogen and oxygen atoms in total. The molecular formula is C8H10N2O3S. The van der Waals surface area contributed by atoms with Crippen LogP contribution in [0.3, 0.4) is 0 Å². The minimum atomic E-state index is -2.99. The Morgan fingerprint density at radius 2 is 2.14 bits per heavy atom. The van der Waals surface area contributed by atoms with E-state index >= 15 is 0 Å². The summed E-state index contributed by atoms with van der Waals surface area (Å²) in [5.41, 5.74) is 1.50. The normalized spacial score (nSPS) is 18.9. The van der Waals surface area contributed by atoms with Crippen LogP contribution in [-0.4, -0.2) is 24.1 Å². The highest BCUT2D eigenvalue weighted by Crippen LogP contribution is 2.19. The van der Waals surface area contributed by atoms with Gasteiger partial charge in [-0.1, -0.05) is 0 Å². The molecule has 0 aromatic carbocycles. The van der Waals surface area contributed by atoms with E-state index in [4.69, 9.17) is 0 Å². The highest BCUT2D eigenvalue weighted by Gasteiger charge is 2.24. The summed E-state index contributed by atoms with van der Waals surface area (Å²) in [7, 11) is -2.99. The van der Waals surface area contributed by atoms with Crippen molar-refractivity contribution in [1.29, 1.82) is 0 Å². The summed E-state index contributed by atoms with van der Waals surface area (Å²) in [4.78, 5) is 17.3. The molecule has 0 bridgehead atoms. The molecule has 76 valence electrons. The monoisotopic (exact) mass is 214 g/mol. The van der Waals surface area contributed by atoms with E-state index in [1.165, 1.54) is 0 Å². The Morgan fingerprint density at radius 3 is 2.86 bits per heavy atom. The second-order valence-electron chi connectivity index (χ2n) is 3.43. The zero-order chi connectivity index (χ0) is 10.3. The molecule has 0 saturated heterocycles. The number of nitrogens with zero attached hydrogens (tertiary/aromatic N) is 1. The number of aryl methyl sites for hydroxylation is 2. The second-order valence-corrected chi connectivity index (χ2v) is 5.62. The number of H-pyrrole nitrogens is 1. The van der Waals surface area contributed by atoms with Crippen molar-refractivity contribution in [3.8, 4) is 0 Å². The number of aromatic nitrogens is 2. The Bertz CT molecular complexity index is 530. The number of nitrogens with one attached hydrogen (secondary N) is 1. The van der Waals surface area contributed by atoms with Gasteiger partial charge in [-0.15, -0.1) is 0 Å². The van der Waals surface area contributed by atoms with Crippen LogP contribution in [0.1, 0.15) is 17.0 Å². The van der Waals surface area contributed by atoms with E-state index in [1.54, 1.807) is 6.92 Å². The maximum absolute atomic E-state index is 11.3. The van der Waals surface area contributed by atoms with E-state index in [1.807, 2.05) is 0 Å². The first-order valence-corrected chi connectivity index (χ1v) is 6.09. The lowest BCUT2D eigenvalue weighted by Gasteiger charge is -2.16. The highest BCUT2D eigenvalue weighted by atomic mass is 32.2. The van der Waals surface area contributed by atoms with E-state index < -0.39 is 15.5 Å². The van der Waals surface area contributed by atoms with Gasteiger partial charge in [-0.2, -0.15) is 4.98 Å². The van der Waals surface area contributed by atoms with Gasteiger partial charge < -0.3 is 4.98 Å². The Balaban J connectivity index is 2.64. The van der Waals surface area contributed by atoms with Crippen LogP contribution in [0.4, 0.5) is 0 Å². The van der Waals surface area contributed by atoms with Gasteiger partial charge >= 0.3 is 5.69 Å². The zero-order valence-corrected chi connectivity index (χ0v) is 8.52. The minimum Gasteiger partial charge on any atom is -0.310 e. The van der Waals surface area contributed by atoms with Gasteiger partial charge in [-0.05, 0) is 6.92 Å². The SMILES string of the molecule is Cc1[nH]c(=O)nc2c1CS(=O)(=O)CC2. The molecule has 2 rings (SSSR count). The fourth-order valence-corrected chi connectivity index (χ4v) is 3.08. The number of sulfone groups is 1. The summed E-state index contributed by atoms with van der Waals surface area (Å²) in [5.74, 6) is 0.0911. The molecule has 1 aliphatic heterocycles. The van der Waals surface area contributed by atoms with Crippen LogP contribution in [0.5, 0.6) is 0 Å². The van der Waals surface area contributed by atoms with Crippen LogP contribution in [0, 0.1) is 6.92 Å². The highest BCUT2D eigenvalue weighted by molar-refractivity contribution is 7.90. The molecule has 14 heavy (non-hydrogen) atoms. The maximum atomic E-state index is 11.3. The van der Waals surface area contributed by atoms with Crippen molar-refractivity contribution in [2.24, 2.45) is 0 Å². The van der Waals surface area contributed by atoms with E-state index in [0.717, 1.165) is 0 Å². The molecule has 0 spiro atoms. The molecule has 0 fully saturated rings. The van der Waals surface area contributed by atoms with Crippen LogP contribution in [0.25, 0.3) is 0 Å². The molecule has 2 heterocycles. The summed E-state index contributed by atoms with van der Waals surface area (Å²) in [6.45, 7) is 1.70. The van der Waals surface area contributed by atoms with Gasteiger partial charge in [0, 0.05) is 17.7 Å². The fourth-order valence-electron chi connectivity index (χ4n) is 1.61. The third-order valence-electron chi connectivity index (χ3n) is 2.35. The molecule has 0 atom stereocenters. The number of hydrogen-bond acceptors (Lipinski definition) is 4. The molecule has 1 N–H and O–H groups in total. The second kappa shape index (κ2) is 2.91. The predicted molar refractivity (Wildman–Crippen MR) is 50.8 cm³/mol. The quantitative estimate of drug-likeness (QED) is 0.634. The topological polar surface area (TPSA) is 79.9 Å². The van der Waals surface area contributed by atoms with Gasteiger partial charge in [-0.3, -0.25) is 0 Å². The summed E-state index contributed by atoms with van der Waals surface area (Å²) < 4.78 is 22.7. The molecule has 6 heteroatoms. The van der Waals surface area contributed by atoms with E-state index in [-0.39, 0.29) is 11.5 Å². The van der Waals surface area contributed by atoms with Crippen molar-refractivity contribution in [3.63, 3.8) is 0 Å². The average Bonchev–Trinajstić information content (AvgIpc) is 2.06. The van der Waals surface area contributed by atoms with Crippen LogP contribution in [-0.2, 0) is 22.0 Å². The molecular weight excluding hydrogens is 204 g/mol. The van der Waals surface area contributed by atoms with Crippen molar-refractivity contribution in [1.82, 2.24) is 9.97 Å². The van der Waals surface area contributed by atoms with Crippen molar-refractivity contribution in [2.75, 3.05) is 5.75 Å². The molecule has 0 saturated carbocycles. The van der Waals surface area contributed by atoms with Crippen molar-refractivity contribution in [2.45, 2.75) is 19.1 Å². The summed E-state index contributed by atoms with van der Waals surface area (Å²) in [5, 5.41) is 0. The van der Waals surface area contributed by atoms with Crippen LogP contribution >= 0.6 is 0 Å². The third-order valence-corrected chi connectivity index (χ3v) is 3.90. The number of rotatable bonds is 0. The summed E-state index contributed by atoms with van der Waals surface area (Å²) >= 11 is 0. The van der Waals surface area contributed by atoms with E-state index in [2.05, 4.69) is 9.97 Å². The molecule has 0 unspecified atom stereocenters. The van der Waals surface area contributed by atoms with Gasteiger partial charge in [0.05, 0.1) is 17.2 Å². The lowest BCUT2D eigenvalue weighted by molar-refractivity contribution is 0.589. The van der Waals surface area contributed by atoms with E-state index in [0.29, 0.717) is 23.4 Å². The molecule has 1 aromatic rings. The Kier molecular flexibility index (Phi) is 1.95. The van der Waals surface area contributed by atoms with Gasteiger partial charge in [0.2, 0.25) is 0 Å². The van der Waals surface area contributed by atoms with Crippen molar-refractivity contribution in [3.05, 3.63) is 27.4 Å². The number of hydrogen-bond donors (Lipinski definition) is 1. The maximum Gasteiger partial charge on any atom is 0.345 e. The first kappa shape index (κ1) is 9.39. The number of fused-ring (bicyclic) bond motifs is 1. The van der Waals surface area contributed by atoms with Crippen LogP contribution in [0.15, 0.2) is 4.79 Å². The summed E-state index contributed by atoms with van der Waals surface area (Å²) in [6.07, 6.45) is 0.350. The zero-order valence-electron chi connectivity index (χ0n) is 7.70. The molecule has 0 aliphatic carbocycles. The van der Waals surface area contributed by atoms with E-state index in [9.17, 15) is 13.2 Å². The van der Waals surface area contributed by atoms with Crippen molar-refractivity contribution >= 4 is 9.84 Å². The molecule has 1 aromatic heterocycles. The lowest BCUT2D eigenvalue weighted by Crippen LogP contribution is -2.26. The van der Waals surface area contributed by atoms with Crippen molar-refractivity contribution < 1.29 is 8.42 Å². The van der Waals surface area contributed by atoms with Gasteiger partial charge in [-0.25, -0.2) is 13.2 Å². The Hall–Kier alpha value is -1.17. The van der Waals surface area contributed by atoms with Crippen LogP contribution in [0.2, 0.25) is 0 Å². The largest absolute Gasteiger partial charge is 0.345 e. The molecule has 0 amide bonds.